The molecular weight excluding hydrogens is 399 g/mol. The van der Waals surface area contributed by atoms with Crippen molar-refractivity contribution in [1.82, 2.24) is 24.8 Å². The molecule has 1 fully saturated rings. The molecule has 1 aliphatic heterocycles. The highest BCUT2D eigenvalue weighted by Gasteiger charge is 2.29. The summed E-state index contributed by atoms with van der Waals surface area (Å²) in [5, 5.41) is 13.0. The van der Waals surface area contributed by atoms with Gasteiger partial charge in [-0.1, -0.05) is 6.07 Å². The summed E-state index contributed by atoms with van der Waals surface area (Å²) in [5.74, 6) is -0.279. The van der Waals surface area contributed by atoms with Crippen molar-refractivity contribution in [2.24, 2.45) is 0 Å². The largest absolute Gasteiger partial charge is 0.355 e. The Bertz CT molecular complexity index is 1190. The van der Waals surface area contributed by atoms with Gasteiger partial charge >= 0.3 is 0 Å². The first-order valence-electron chi connectivity index (χ1n) is 9.85. The van der Waals surface area contributed by atoms with E-state index in [-0.39, 0.29) is 12.0 Å². The van der Waals surface area contributed by atoms with Crippen LogP contribution in [0.4, 0.5) is 10.1 Å². The summed E-state index contributed by atoms with van der Waals surface area (Å²) < 4.78 is 21.0. The first kappa shape index (κ1) is 19.1. The summed E-state index contributed by atoms with van der Waals surface area (Å²) in [7, 11) is 0. The van der Waals surface area contributed by atoms with E-state index in [0.717, 1.165) is 23.2 Å². The van der Waals surface area contributed by atoms with Crippen LogP contribution in [0.3, 0.4) is 0 Å². The second-order valence-corrected chi connectivity index (χ2v) is 7.10. The van der Waals surface area contributed by atoms with Crippen molar-refractivity contribution in [3.8, 4) is 16.9 Å². The molecule has 5 rings (SSSR count). The molecular formula is C22H19FN6O2. The zero-order valence-corrected chi connectivity index (χ0v) is 16.5. The Labute approximate surface area is 177 Å². The van der Waals surface area contributed by atoms with Gasteiger partial charge in [-0.25, -0.2) is 4.39 Å². The van der Waals surface area contributed by atoms with E-state index in [9.17, 15) is 9.18 Å². The Balaban J connectivity index is 1.43. The molecule has 1 saturated heterocycles. The molecule has 0 saturated carbocycles. The monoisotopic (exact) mass is 418 g/mol. The first-order valence-corrected chi connectivity index (χ1v) is 9.85. The van der Waals surface area contributed by atoms with Crippen LogP contribution in [0.5, 0.6) is 0 Å². The topological polar surface area (TPSA) is 78.1 Å². The van der Waals surface area contributed by atoms with Crippen molar-refractivity contribution in [2.45, 2.75) is 12.8 Å². The van der Waals surface area contributed by atoms with Gasteiger partial charge in [-0.05, 0) is 42.5 Å². The van der Waals surface area contributed by atoms with Gasteiger partial charge < -0.3 is 9.64 Å². The van der Waals surface area contributed by atoms with Gasteiger partial charge in [0.15, 0.2) is 6.29 Å². The minimum atomic E-state index is -0.280. The average Bonchev–Trinajstić information content (AvgIpc) is 3.56. The summed E-state index contributed by atoms with van der Waals surface area (Å²) in [6, 6.07) is 13.6. The van der Waals surface area contributed by atoms with Gasteiger partial charge in [0, 0.05) is 23.9 Å². The molecule has 156 valence electrons. The summed E-state index contributed by atoms with van der Waals surface area (Å²) in [6.45, 7) is 1.69. The number of aldehydes is 1. The maximum absolute atomic E-state index is 13.2. The van der Waals surface area contributed by atoms with E-state index in [1.165, 1.54) is 16.9 Å². The third kappa shape index (κ3) is 3.71. The van der Waals surface area contributed by atoms with Gasteiger partial charge in [0.1, 0.15) is 17.7 Å². The summed E-state index contributed by atoms with van der Waals surface area (Å²) in [6.07, 6.45) is 5.54. The number of carbonyl (C=O) groups excluding carboxylic acids is 1. The molecule has 2 aromatic heterocycles. The lowest BCUT2D eigenvalue weighted by Gasteiger charge is -2.27. The van der Waals surface area contributed by atoms with Crippen LogP contribution in [0.2, 0.25) is 0 Å². The van der Waals surface area contributed by atoms with Crippen molar-refractivity contribution in [2.75, 3.05) is 18.1 Å². The number of nitrogens with zero attached hydrogens (tertiary/aromatic N) is 6. The van der Waals surface area contributed by atoms with Crippen LogP contribution < -0.4 is 4.90 Å². The molecule has 1 atom stereocenters. The lowest BCUT2D eigenvalue weighted by molar-refractivity contribution is 0.0957. The summed E-state index contributed by atoms with van der Waals surface area (Å²) in [4.78, 5) is 15.2. The number of rotatable bonds is 6. The Morgan fingerprint density at radius 1 is 1.10 bits per heavy atom. The molecule has 0 amide bonds. The second kappa shape index (κ2) is 8.11. The number of para-hydroxylation sites is 1. The van der Waals surface area contributed by atoms with Gasteiger partial charge in [-0.3, -0.25) is 9.48 Å². The summed E-state index contributed by atoms with van der Waals surface area (Å²) >= 11 is 0. The van der Waals surface area contributed by atoms with E-state index in [2.05, 4.69) is 20.2 Å². The van der Waals surface area contributed by atoms with Crippen LogP contribution in [0, 0.1) is 5.82 Å². The molecule has 0 N–H and O–H groups in total. The van der Waals surface area contributed by atoms with E-state index < -0.39 is 0 Å². The zero-order valence-electron chi connectivity index (χ0n) is 16.5. The quantitative estimate of drug-likeness (QED) is 0.448. The zero-order chi connectivity index (χ0) is 21.2. The fraction of sp³-hybridized carbons (Fsp3) is 0.182. The highest BCUT2D eigenvalue weighted by atomic mass is 19.1. The molecule has 0 spiro atoms. The maximum Gasteiger partial charge on any atom is 0.152 e. The highest BCUT2D eigenvalue weighted by Crippen LogP contribution is 2.30. The second-order valence-electron chi connectivity index (χ2n) is 7.10. The normalized spacial score (nSPS) is 16.0. The SMILES string of the molecule is O=Cc1cccc(N2CCOC2Cn2ccc(-c3ccc(F)cc3)n2)c1-n1nccn1. The van der Waals surface area contributed by atoms with Crippen molar-refractivity contribution in [3.63, 3.8) is 0 Å². The standard InChI is InChI=1S/C22H19FN6O2/c23-18-6-4-16(5-7-18)19-8-11-27(26-19)14-21-28(12-13-31-21)20-3-1-2-17(15-30)22(20)29-24-9-10-25-29/h1-11,15,21H,12-14H2. The molecule has 0 bridgehead atoms. The van der Waals surface area contributed by atoms with Gasteiger partial charge in [-0.15, -0.1) is 4.80 Å². The molecule has 1 unspecified atom stereocenters. The maximum atomic E-state index is 13.2. The van der Waals surface area contributed by atoms with E-state index >= 15 is 0 Å². The van der Waals surface area contributed by atoms with E-state index in [4.69, 9.17) is 4.74 Å². The number of hydrogen-bond acceptors (Lipinski definition) is 6. The van der Waals surface area contributed by atoms with Crippen LogP contribution in [-0.4, -0.2) is 50.4 Å². The van der Waals surface area contributed by atoms with Crippen molar-refractivity contribution in [3.05, 3.63) is 78.5 Å². The van der Waals surface area contributed by atoms with Crippen molar-refractivity contribution in [1.29, 1.82) is 0 Å². The van der Waals surface area contributed by atoms with E-state index in [1.807, 2.05) is 24.4 Å². The minimum Gasteiger partial charge on any atom is -0.355 e. The minimum absolute atomic E-state index is 0.279. The van der Waals surface area contributed by atoms with Gasteiger partial charge in [0.05, 0.1) is 36.9 Å². The molecule has 4 aromatic rings. The molecule has 8 nitrogen and oxygen atoms in total. The molecule has 0 radical (unpaired) electrons. The number of halogens is 1. The summed E-state index contributed by atoms with van der Waals surface area (Å²) in [5.41, 5.74) is 3.53. The number of carbonyl (C=O) groups is 1. The van der Waals surface area contributed by atoms with Gasteiger partial charge in [0.25, 0.3) is 0 Å². The number of hydrogen-bond donors (Lipinski definition) is 0. The van der Waals surface area contributed by atoms with Gasteiger partial charge in [-0.2, -0.15) is 15.3 Å². The predicted molar refractivity (Wildman–Crippen MR) is 111 cm³/mol. The Morgan fingerprint density at radius 2 is 1.90 bits per heavy atom. The molecule has 1 aliphatic rings. The van der Waals surface area contributed by atoms with E-state index in [1.54, 1.807) is 35.3 Å². The Morgan fingerprint density at radius 3 is 2.68 bits per heavy atom. The smallest absolute Gasteiger partial charge is 0.152 e. The first-order chi connectivity index (χ1) is 15.2. The van der Waals surface area contributed by atoms with Gasteiger partial charge in [0.2, 0.25) is 0 Å². The fourth-order valence-corrected chi connectivity index (χ4v) is 3.77. The number of aromatic nitrogens is 5. The number of anilines is 1. The molecule has 2 aromatic carbocycles. The Hall–Kier alpha value is -3.85. The lowest BCUT2D eigenvalue weighted by Crippen LogP contribution is -2.35. The molecule has 31 heavy (non-hydrogen) atoms. The number of benzene rings is 2. The molecule has 0 aliphatic carbocycles. The van der Waals surface area contributed by atoms with Crippen LogP contribution in [-0.2, 0) is 11.3 Å². The van der Waals surface area contributed by atoms with Crippen LogP contribution in [0.25, 0.3) is 16.9 Å². The molecule has 9 heteroatoms. The third-order valence-corrected chi connectivity index (χ3v) is 5.22. The van der Waals surface area contributed by atoms with Crippen LogP contribution in [0.15, 0.2) is 67.1 Å². The van der Waals surface area contributed by atoms with Crippen LogP contribution in [0.1, 0.15) is 10.4 Å². The number of ether oxygens (including phenoxy) is 1. The van der Waals surface area contributed by atoms with Crippen molar-refractivity contribution < 1.29 is 13.9 Å². The molecule has 3 heterocycles. The highest BCUT2D eigenvalue weighted by molar-refractivity contribution is 5.86. The van der Waals surface area contributed by atoms with Crippen LogP contribution >= 0.6 is 0 Å². The predicted octanol–water partition coefficient (Wildman–Crippen LogP) is 2.95. The lowest BCUT2D eigenvalue weighted by atomic mass is 10.1. The van der Waals surface area contributed by atoms with Crippen molar-refractivity contribution >= 4 is 12.0 Å². The fourth-order valence-electron chi connectivity index (χ4n) is 3.77. The third-order valence-electron chi connectivity index (χ3n) is 5.22. The Kier molecular flexibility index (Phi) is 5.01. The van der Waals surface area contributed by atoms with E-state index in [0.29, 0.717) is 30.9 Å². The average molecular weight is 418 g/mol.